The van der Waals surface area contributed by atoms with Crippen molar-refractivity contribution in [2.45, 2.75) is 18.3 Å². The predicted octanol–water partition coefficient (Wildman–Crippen LogP) is 0.0825. The van der Waals surface area contributed by atoms with Crippen molar-refractivity contribution in [2.75, 3.05) is 6.61 Å². The normalized spacial score (nSPS) is 13.5. The SMILES string of the molecule is C=C(F)C(=O)OC(C)C(=O)OCC(F)(F)S(=O)(=O)[O-]. The van der Waals surface area contributed by atoms with Gasteiger partial charge in [-0.25, -0.2) is 18.0 Å². The van der Waals surface area contributed by atoms with Crippen LogP contribution in [0.5, 0.6) is 0 Å². The van der Waals surface area contributed by atoms with E-state index in [1.165, 1.54) is 0 Å². The van der Waals surface area contributed by atoms with Gasteiger partial charge < -0.3 is 14.0 Å². The van der Waals surface area contributed by atoms with Crippen LogP contribution in [0.3, 0.4) is 0 Å². The Bertz CT molecular complexity index is 485. The molecule has 0 bridgehead atoms. The standard InChI is InChI=1S/C8H9F3O7S/c1-4(9)6(12)18-5(2)7(13)17-3-8(10,11)19(14,15)16/h5H,1,3H2,2H3,(H,14,15,16)/p-1. The van der Waals surface area contributed by atoms with Crippen LogP contribution >= 0.6 is 0 Å². The molecule has 0 amide bonds. The van der Waals surface area contributed by atoms with Gasteiger partial charge in [-0.05, 0) is 6.92 Å². The lowest BCUT2D eigenvalue weighted by Crippen LogP contribution is -2.37. The number of rotatable bonds is 6. The Hall–Kier alpha value is -1.62. The van der Waals surface area contributed by atoms with Gasteiger partial charge in [0.15, 0.2) is 22.8 Å². The third-order valence-corrected chi connectivity index (χ3v) is 2.43. The molecule has 1 atom stereocenters. The van der Waals surface area contributed by atoms with Crippen molar-refractivity contribution in [3.05, 3.63) is 12.4 Å². The summed E-state index contributed by atoms with van der Waals surface area (Å²) in [5.41, 5.74) is 0. The highest BCUT2D eigenvalue weighted by atomic mass is 32.2. The lowest BCUT2D eigenvalue weighted by molar-refractivity contribution is -0.168. The van der Waals surface area contributed by atoms with E-state index in [1.54, 1.807) is 0 Å². The Morgan fingerprint density at radius 1 is 1.42 bits per heavy atom. The van der Waals surface area contributed by atoms with E-state index in [1.807, 2.05) is 0 Å². The second kappa shape index (κ2) is 6.02. The highest BCUT2D eigenvalue weighted by molar-refractivity contribution is 7.86. The molecule has 110 valence electrons. The number of esters is 2. The molecule has 0 aliphatic rings. The van der Waals surface area contributed by atoms with Gasteiger partial charge in [-0.3, -0.25) is 0 Å². The Kier molecular flexibility index (Phi) is 5.50. The molecule has 0 rings (SSSR count). The minimum Gasteiger partial charge on any atom is -0.743 e. The van der Waals surface area contributed by atoms with Gasteiger partial charge in [-0.1, -0.05) is 6.58 Å². The van der Waals surface area contributed by atoms with Crippen LogP contribution in [0.15, 0.2) is 12.4 Å². The number of halogens is 3. The van der Waals surface area contributed by atoms with Gasteiger partial charge in [-0.15, -0.1) is 0 Å². The van der Waals surface area contributed by atoms with Crippen LogP contribution in [0.25, 0.3) is 0 Å². The summed E-state index contributed by atoms with van der Waals surface area (Å²) in [5, 5.41) is -4.82. The van der Waals surface area contributed by atoms with Crippen LogP contribution in [-0.2, 0) is 29.2 Å². The molecule has 0 aromatic carbocycles. The van der Waals surface area contributed by atoms with Crippen molar-refractivity contribution < 1.29 is 45.2 Å². The monoisotopic (exact) mass is 305 g/mol. The minimum absolute atomic E-state index is 0.854. The van der Waals surface area contributed by atoms with E-state index in [4.69, 9.17) is 0 Å². The molecule has 0 aromatic heterocycles. The number of carbonyl (C=O) groups excluding carboxylic acids is 2. The van der Waals surface area contributed by atoms with Gasteiger partial charge in [0.1, 0.15) is 0 Å². The number of alkyl halides is 2. The molecule has 0 saturated heterocycles. The van der Waals surface area contributed by atoms with E-state index in [0.717, 1.165) is 6.92 Å². The van der Waals surface area contributed by atoms with Gasteiger partial charge in [0, 0.05) is 0 Å². The van der Waals surface area contributed by atoms with Crippen molar-refractivity contribution in [3.8, 4) is 0 Å². The molecule has 0 fully saturated rings. The van der Waals surface area contributed by atoms with Crippen molar-refractivity contribution in [1.82, 2.24) is 0 Å². The molecule has 1 unspecified atom stereocenters. The van der Waals surface area contributed by atoms with E-state index in [9.17, 15) is 35.7 Å². The summed E-state index contributed by atoms with van der Waals surface area (Å²) < 4.78 is 75.4. The topological polar surface area (TPSA) is 110 Å². The molecule has 0 aliphatic carbocycles. The lowest BCUT2D eigenvalue weighted by atomic mass is 10.4. The molecular weight excluding hydrogens is 297 g/mol. The zero-order valence-electron chi connectivity index (χ0n) is 9.39. The molecule has 0 spiro atoms. The van der Waals surface area contributed by atoms with Gasteiger partial charge in [0.25, 0.3) is 0 Å². The molecule has 0 radical (unpaired) electrons. The third-order valence-electron chi connectivity index (χ3n) is 1.59. The molecule has 7 nitrogen and oxygen atoms in total. The largest absolute Gasteiger partial charge is 0.743 e. The molecular formula is C8H8F3O7S-. The highest BCUT2D eigenvalue weighted by Crippen LogP contribution is 2.20. The summed E-state index contributed by atoms with van der Waals surface area (Å²) >= 11 is 0. The maximum atomic E-state index is 12.6. The first kappa shape index (κ1) is 17.4. The predicted molar refractivity (Wildman–Crippen MR) is 51.4 cm³/mol. The van der Waals surface area contributed by atoms with E-state index < -0.39 is 45.8 Å². The van der Waals surface area contributed by atoms with E-state index in [2.05, 4.69) is 16.1 Å². The molecule has 19 heavy (non-hydrogen) atoms. The fourth-order valence-electron chi connectivity index (χ4n) is 0.617. The molecule has 0 aliphatic heterocycles. The van der Waals surface area contributed by atoms with E-state index in [0.29, 0.717) is 0 Å². The van der Waals surface area contributed by atoms with Crippen molar-refractivity contribution in [2.24, 2.45) is 0 Å². The highest BCUT2D eigenvalue weighted by Gasteiger charge is 2.40. The van der Waals surface area contributed by atoms with E-state index >= 15 is 0 Å². The quantitative estimate of drug-likeness (QED) is 0.388. The molecule has 0 heterocycles. The summed E-state index contributed by atoms with van der Waals surface area (Å²) in [7, 11) is -6.00. The Morgan fingerprint density at radius 2 is 1.89 bits per heavy atom. The van der Waals surface area contributed by atoms with Gasteiger partial charge in [-0.2, -0.15) is 13.2 Å². The zero-order valence-corrected chi connectivity index (χ0v) is 10.2. The second-order valence-corrected chi connectivity index (χ2v) is 4.66. The first-order valence-corrected chi connectivity index (χ1v) is 5.84. The Balaban J connectivity index is 4.49. The average molecular weight is 305 g/mol. The summed E-state index contributed by atoms with van der Waals surface area (Å²) in [6.45, 7) is 1.36. The molecule has 11 heteroatoms. The van der Waals surface area contributed by atoms with E-state index in [-0.39, 0.29) is 0 Å². The Morgan fingerprint density at radius 3 is 2.26 bits per heavy atom. The number of carbonyl (C=O) groups is 2. The number of hydrogen-bond donors (Lipinski definition) is 0. The first-order valence-electron chi connectivity index (χ1n) is 4.44. The lowest BCUT2D eigenvalue weighted by Gasteiger charge is -2.20. The smallest absolute Gasteiger partial charge is 0.367 e. The summed E-state index contributed by atoms with van der Waals surface area (Å²) in [6.07, 6.45) is -1.79. The number of hydrogen-bond acceptors (Lipinski definition) is 7. The third kappa shape index (κ3) is 5.26. The maximum absolute atomic E-state index is 12.6. The maximum Gasteiger partial charge on any atom is 0.367 e. The average Bonchev–Trinajstić information content (AvgIpc) is 2.23. The van der Waals surface area contributed by atoms with Crippen molar-refractivity contribution in [3.63, 3.8) is 0 Å². The first-order chi connectivity index (χ1) is 8.38. The second-order valence-electron chi connectivity index (χ2n) is 3.15. The van der Waals surface area contributed by atoms with Crippen LogP contribution in [0.4, 0.5) is 13.2 Å². The van der Waals surface area contributed by atoms with Crippen LogP contribution in [0.2, 0.25) is 0 Å². The van der Waals surface area contributed by atoms with Gasteiger partial charge in [0.05, 0.1) is 0 Å². The van der Waals surface area contributed by atoms with Gasteiger partial charge >= 0.3 is 17.2 Å². The number of ether oxygens (including phenoxy) is 2. The molecule has 0 N–H and O–H groups in total. The molecule has 0 saturated carbocycles. The van der Waals surface area contributed by atoms with Crippen LogP contribution in [-0.4, -0.2) is 42.9 Å². The Labute approximate surface area is 105 Å². The fourth-order valence-corrected chi connectivity index (χ4v) is 0.821. The zero-order chi connectivity index (χ0) is 15.4. The summed E-state index contributed by atoms with van der Waals surface area (Å²) in [6, 6.07) is 0. The minimum atomic E-state index is -6.00. The summed E-state index contributed by atoms with van der Waals surface area (Å²) in [4.78, 5) is 21.6. The summed E-state index contributed by atoms with van der Waals surface area (Å²) in [5.74, 6) is -4.74. The van der Waals surface area contributed by atoms with Gasteiger partial charge in [0.2, 0.25) is 5.83 Å². The van der Waals surface area contributed by atoms with Crippen LogP contribution in [0, 0.1) is 0 Å². The van der Waals surface area contributed by atoms with Crippen LogP contribution < -0.4 is 0 Å². The van der Waals surface area contributed by atoms with Crippen molar-refractivity contribution >= 4 is 22.1 Å². The van der Waals surface area contributed by atoms with Crippen molar-refractivity contribution in [1.29, 1.82) is 0 Å². The van der Waals surface area contributed by atoms with Crippen LogP contribution in [0.1, 0.15) is 6.92 Å². The molecule has 0 aromatic rings. The fraction of sp³-hybridized carbons (Fsp3) is 0.500.